The van der Waals surface area contributed by atoms with Crippen molar-refractivity contribution in [3.63, 3.8) is 0 Å². The smallest absolute Gasteiger partial charge is 0.222 e. The second-order valence-corrected chi connectivity index (χ2v) is 6.26. The van der Waals surface area contributed by atoms with Crippen molar-refractivity contribution in [2.45, 2.75) is 19.3 Å². The van der Waals surface area contributed by atoms with Gasteiger partial charge < -0.3 is 0 Å². The summed E-state index contributed by atoms with van der Waals surface area (Å²) in [4.78, 5) is 10.5. The molecular weight excluding hydrogens is 274 g/mol. The van der Waals surface area contributed by atoms with Gasteiger partial charge in [-0.15, -0.1) is 0 Å². The van der Waals surface area contributed by atoms with E-state index in [1.54, 1.807) is 0 Å². The molecule has 0 saturated heterocycles. The number of nitrogens with one attached hydrogen (secondary N) is 1. The molecule has 1 aromatic carbocycles. The average Bonchev–Trinajstić information content (AvgIpc) is 2.29. The Morgan fingerprint density at radius 1 is 1.22 bits per heavy atom. The monoisotopic (exact) mass is 289 g/mol. The zero-order valence-corrected chi connectivity index (χ0v) is 11.5. The molecule has 18 heavy (non-hydrogen) atoms. The molecule has 6 heteroatoms. The van der Waals surface area contributed by atoms with Crippen LogP contribution in [0.5, 0.6) is 0 Å². The van der Waals surface area contributed by atoms with Gasteiger partial charge in [0.1, 0.15) is 0 Å². The lowest BCUT2D eigenvalue weighted by molar-refractivity contribution is -0.111. The van der Waals surface area contributed by atoms with E-state index in [4.69, 9.17) is 11.6 Å². The van der Waals surface area contributed by atoms with Crippen LogP contribution in [0.2, 0.25) is 0 Å². The highest BCUT2D eigenvalue weighted by molar-refractivity contribution is 7.89. The van der Waals surface area contributed by atoms with Gasteiger partial charge in [-0.05, 0) is 30.0 Å². The molecule has 0 aliphatic heterocycles. The summed E-state index contributed by atoms with van der Waals surface area (Å²) in [6.45, 7) is 0.0655. The molecule has 1 aromatic rings. The van der Waals surface area contributed by atoms with Crippen molar-refractivity contribution in [1.29, 1.82) is 0 Å². The maximum atomic E-state index is 11.5. The van der Waals surface area contributed by atoms with Crippen molar-refractivity contribution in [3.8, 4) is 0 Å². The van der Waals surface area contributed by atoms with E-state index in [2.05, 4.69) is 4.72 Å². The second-order valence-electron chi connectivity index (χ2n) is 3.91. The first-order chi connectivity index (χ1) is 8.49. The van der Waals surface area contributed by atoms with Gasteiger partial charge in [0.2, 0.25) is 15.3 Å². The first-order valence-corrected chi connectivity index (χ1v) is 7.72. The Morgan fingerprint density at radius 2 is 1.89 bits per heavy atom. The Labute approximate surface area is 112 Å². The van der Waals surface area contributed by atoms with Crippen LogP contribution in [0.1, 0.15) is 18.4 Å². The summed E-state index contributed by atoms with van der Waals surface area (Å²) in [5.41, 5.74) is 1.11. The molecule has 0 unspecified atom stereocenters. The molecule has 0 fully saturated rings. The van der Waals surface area contributed by atoms with Gasteiger partial charge in [0.25, 0.3) is 0 Å². The highest BCUT2D eigenvalue weighted by Gasteiger charge is 2.09. The normalized spacial score (nSPS) is 11.4. The molecule has 0 radical (unpaired) electrons. The van der Waals surface area contributed by atoms with E-state index in [1.165, 1.54) is 0 Å². The molecule has 0 heterocycles. The van der Waals surface area contributed by atoms with Gasteiger partial charge in [0.15, 0.2) is 0 Å². The van der Waals surface area contributed by atoms with Crippen LogP contribution in [-0.4, -0.2) is 26.0 Å². The Bertz CT molecular complexity index is 473. The molecule has 0 bridgehead atoms. The number of rotatable bonds is 8. The topological polar surface area (TPSA) is 63.2 Å². The number of halogens is 1. The fourth-order valence-corrected chi connectivity index (χ4v) is 2.66. The predicted octanol–water partition coefficient (Wildman–Crippen LogP) is 1.69. The molecule has 0 atom stereocenters. The minimum Gasteiger partial charge on any atom is -0.281 e. The third-order valence-corrected chi connectivity index (χ3v) is 4.02. The van der Waals surface area contributed by atoms with E-state index >= 15 is 0 Å². The van der Waals surface area contributed by atoms with Crippen molar-refractivity contribution in [3.05, 3.63) is 35.9 Å². The van der Waals surface area contributed by atoms with Crippen LogP contribution in [0.25, 0.3) is 0 Å². The maximum absolute atomic E-state index is 11.5. The maximum Gasteiger partial charge on any atom is 0.222 e. The minimum atomic E-state index is -3.31. The van der Waals surface area contributed by atoms with E-state index in [1.807, 2.05) is 30.3 Å². The number of hydrogen-bond donors (Lipinski definition) is 1. The lowest BCUT2D eigenvalue weighted by atomic mass is 10.1. The van der Waals surface area contributed by atoms with Crippen molar-refractivity contribution < 1.29 is 13.2 Å². The molecule has 4 nitrogen and oxygen atoms in total. The first kappa shape index (κ1) is 15.1. The standard InChI is InChI=1S/C12H16ClNO3S/c13-12(15)8-9-14-18(16,17)10-4-7-11-5-2-1-3-6-11/h1-3,5-6,14H,4,7-10H2. The summed E-state index contributed by atoms with van der Waals surface area (Å²) in [5, 5.41) is -0.540. The van der Waals surface area contributed by atoms with E-state index in [0.717, 1.165) is 12.0 Å². The van der Waals surface area contributed by atoms with Crippen LogP contribution in [0.15, 0.2) is 30.3 Å². The molecule has 0 aliphatic rings. The zero-order valence-electron chi connectivity index (χ0n) is 9.93. The summed E-state index contributed by atoms with van der Waals surface area (Å²) >= 11 is 5.12. The molecule has 1 rings (SSSR count). The molecule has 0 aliphatic carbocycles. The SMILES string of the molecule is O=C(Cl)CCNS(=O)(=O)CCCc1ccccc1. The number of carbonyl (C=O) groups is 1. The van der Waals surface area contributed by atoms with Crippen molar-refractivity contribution in [2.24, 2.45) is 0 Å². The van der Waals surface area contributed by atoms with Gasteiger partial charge in [0, 0.05) is 13.0 Å². The van der Waals surface area contributed by atoms with E-state index < -0.39 is 15.3 Å². The molecule has 1 N–H and O–H groups in total. The van der Waals surface area contributed by atoms with Gasteiger partial charge in [-0.1, -0.05) is 30.3 Å². The first-order valence-electron chi connectivity index (χ1n) is 5.69. The molecular formula is C12H16ClNO3S. The highest BCUT2D eigenvalue weighted by atomic mass is 35.5. The van der Waals surface area contributed by atoms with Crippen LogP contribution in [-0.2, 0) is 21.2 Å². The lowest BCUT2D eigenvalue weighted by Gasteiger charge is -2.05. The van der Waals surface area contributed by atoms with Crippen LogP contribution < -0.4 is 4.72 Å². The fraction of sp³-hybridized carbons (Fsp3) is 0.417. The van der Waals surface area contributed by atoms with Gasteiger partial charge in [-0.2, -0.15) is 0 Å². The average molecular weight is 290 g/mol. The summed E-state index contributed by atoms with van der Waals surface area (Å²) in [5.74, 6) is 0.0539. The Hall–Kier alpha value is -0.910. The summed E-state index contributed by atoms with van der Waals surface area (Å²) < 4.78 is 25.4. The van der Waals surface area contributed by atoms with Crippen LogP contribution in [0, 0.1) is 0 Å². The van der Waals surface area contributed by atoms with E-state index in [9.17, 15) is 13.2 Å². The third kappa shape index (κ3) is 6.74. The quantitative estimate of drug-likeness (QED) is 0.741. The minimum absolute atomic E-state index is 0.0134. The van der Waals surface area contributed by atoms with E-state index in [0.29, 0.717) is 6.42 Å². The number of benzene rings is 1. The van der Waals surface area contributed by atoms with Crippen LogP contribution in [0.3, 0.4) is 0 Å². The Kier molecular flexibility index (Phi) is 6.32. The number of aryl methyl sites for hydroxylation is 1. The van der Waals surface area contributed by atoms with E-state index in [-0.39, 0.29) is 18.7 Å². The number of hydrogen-bond acceptors (Lipinski definition) is 3. The Balaban J connectivity index is 2.27. The van der Waals surface area contributed by atoms with Crippen molar-refractivity contribution >= 4 is 26.9 Å². The van der Waals surface area contributed by atoms with Crippen LogP contribution in [0.4, 0.5) is 0 Å². The van der Waals surface area contributed by atoms with Gasteiger partial charge in [-0.25, -0.2) is 13.1 Å². The second kappa shape index (κ2) is 7.51. The van der Waals surface area contributed by atoms with Gasteiger partial charge in [0.05, 0.1) is 5.75 Å². The molecule has 0 amide bonds. The highest BCUT2D eigenvalue weighted by Crippen LogP contribution is 2.03. The number of sulfonamides is 1. The van der Waals surface area contributed by atoms with Crippen molar-refractivity contribution in [2.75, 3.05) is 12.3 Å². The lowest BCUT2D eigenvalue weighted by Crippen LogP contribution is -2.28. The largest absolute Gasteiger partial charge is 0.281 e. The van der Waals surface area contributed by atoms with Crippen molar-refractivity contribution in [1.82, 2.24) is 4.72 Å². The third-order valence-electron chi connectivity index (χ3n) is 2.36. The summed E-state index contributed by atoms with van der Waals surface area (Å²) in [7, 11) is -3.31. The molecule has 0 spiro atoms. The molecule has 100 valence electrons. The summed E-state index contributed by atoms with van der Waals surface area (Å²) in [6.07, 6.45) is 1.28. The molecule has 0 aromatic heterocycles. The molecule has 0 saturated carbocycles. The summed E-state index contributed by atoms with van der Waals surface area (Å²) in [6, 6.07) is 9.70. The fourth-order valence-electron chi connectivity index (χ4n) is 1.49. The van der Waals surface area contributed by atoms with Gasteiger partial charge in [-0.3, -0.25) is 4.79 Å². The Morgan fingerprint density at radius 3 is 2.50 bits per heavy atom. The zero-order chi connectivity index (χ0) is 13.4. The number of carbonyl (C=O) groups excluding carboxylic acids is 1. The van der Waals surface area contributed by atoms with Gasteiger partial charge >= 0.3 is 0 Å². The van der Waals surface area contributed by atoms with Crippen LogP contribution >= 0.6 is 11.6 Å². The predicted molar refractivity (Wildman–Crippen MR) is 72.0 cm³/mol.